The number of hydrogen-bond acceptors (Lipinski definition) is 3. The third-order valence-corrected chi connectivity index (χ3v) is 3.10. The van der Waals surface area contributed by atoms with Crippen molar-refractivity contribution in [1.29, 1.82) is 0 Å². The largest absolute Gasteiger partial charge is 0.508 e. The molecule has 1 atom stereocenters. The summed E-state index contributed by atoms with van der Waals surface area (Å²) < 4.78 is 5.74. The Hall–Kier alpha value is -2.00. The Bertz CT molecular complexity index is 537. The van der Waals surface area contributed by atoms with E-state index in [1.807, 2.05) is 37.3 Å². The molecule has 2 rings (SSSR count). The van der Waals surface area contributed by atoms with Gasteiger partial charge in [0.05, 0.1) is 13.2 Å². The number of aromatic hydroxyl groups is 1. The fourth-order valence-corrected chi connectivity index (χ4v) is 1.94. The van der Waals surface area contributed by atoms with E-state index in [0.717, 1.165) is 16.9 Å². The van der Waals surface area contributed by atoms with Crippen LogP contribution in [0.15, 0.2) is 48.5 Å². The molecule has 0 aliphatic carbocycles. The molecule has 0 heterocycles. The molecule has 2 aromatic carbocycles. The summed E-state index contributed by atoms with van der Waals surface area (Å²) in [7, 11) is 0. The fourth-order valence-electron chi connectivity index (χ4n) is 1.94. The zero-order valence-electron chi connectivity index (χ0n) is 10.9. The molecule has 0 amide bonds. The molecule has 0 saturated carbocycles. The van der Waals surface area contributed by atoms with E-state index in [4.69, 9.17) is 4.74 Å². The van der Waals surface area contributed by atoms with Crippen molar-refractivity contribution in [2.75, 3.05) is 13.2 Å². The molecule has 1 unspecified atom stereocenters. The first-order valence-corrected chi connectivity index (χ1v) is 6.29. The van der Waals surface area contributed by atoms with E-state index in [2.05, 4.69) is 0 Å². The zero-order valence-corrected chi connectivity index (χ0v) is 10.9. The van der Waals surface area contributed by atoms with Gasteiger partial charge >= 0.3 is 0 Å². The van der Waals surface area contributed by atoms with Gasteiger partial charge < -0.3 is 14.9 Å². The minimum atomic E-state index is -0.147. The van der Waals surface area contributed by atoms with Gasteiger partial charge in [0, 0.05) is 5.92 Å². The van der Waals surface area contributed by atoms with Crippen LogP contribution in [-0.2, 0) is 0 Å². The lowest BCUT2D eigenvalue weighted by molar-refractivity contribution is 0.204. The molecule has 3 heteroatoms. The van der Waals surface area contributed by atoms with Gasteiger partial charge in [0.15, 0.2) is 0 Å². The van der Waals surface area contributed by atoms with E-state index in [0.29, 0.717) is 6.61 Å². The Morgan fingerprint density at radius 3 is 2.58 bits per heavy atom. The summed E-state index contributed by atoms with van der Waals surface area (Å²) in [5.41, 5.74) is 1.94. The second-order valence-electron chi connectivity index (χ2n) is 4.55. The number of hydrogen-bond donors (Lipinski definition) is 2. The first-order chi connectivity index (χ1) is 9.20. The van der Waals surface area contributed by atoms with Gasteiger partial charge in [-0.15, -0.1) is 0 Å². The van der Waals surface area contributed by atoms with Crippen LogP contribution in [0, 0.1) is 6.92 Å². The molecule has 0 saturated heterocycles. The Morgan fingerprint density at radius 1 is 1.11 bits per heavy atom. The Labute approximate surface area is 113 Å². The molecule has 2 N–H and O–H groups in total. The van der Waals surface area contributed by atoms with Crippen LogP contribution in [-0.4, -0.2) is 23.4 Å². The number of phenols is 1. The lowest BCUT2D eigenvalue weighted by atomic mass is 10.0. The van der Waals surface area contributed by atoms with Crippen LogP contribution in [0.3, 0.4) is 0 Å². The van der Waals surface area contributed by atoms with Gasteiger partial charge in [-0.05, 0) is 36.2 Å². The highest BCUT2D eigenvalue weighted by Gasteiger charge is 2.12. The lowest BCUT2D eigenvalue weighted by Crippen LogP contribution is -2.14. The summed E-state index contributed by atoms with van der Waals surface area (Å²) in [6, 6.07) is 14.7. The van der Waals surface area contributed by atoms with Gasteiger partial charge in [0.1, 0.15) is 11.5 Å². The molecule has 2 aromatic rings. The van der Waals surface area contributed by atoms with E-state index in [1.54, 1.807) is 18.2 Å². The second kappa shape index (κ2) is 6.25. The molecular weight excluding hydrogens is 240 g/mol. The van der Waals surface area contributed by atoms with Crippen LogP contribution in [0.25, 0.3) is 0 Å². The van der Waals surface area contributed by atoms with Crippen LogP contribution >= 0.6 is 0 Å². The van der Waals surface area contributed by atoms with Crippen LogP contribution in [0.1, 0.15) is 17.0 Å². The summed E-state index contributed by atoms with van der Waals surface area (Å²) >= 11 is 0. The van der Waals surface area contributed by atoms with Gasteiger partial charge in [-0.3, -0.25) is 0 Å². The van der Waals surface area contributed by atoms with Gasteiger partial charge in [-0.25, -0.2) is 0 Å². The van der Waals surface area contributed by atoms with Crippen molar-refractivity contribution < 1.29 is 14.9 Å². The third kappa shape index (κ3) is 3.48. The van der Waals surface area contributed by atoms with E-state index >= 15 is 0 Å². The van der Waals surface area contributed by atoms with Gasteiger partial charge in [-0.1, -0.05) is 30.3 Å². The number of ether oxygens (including phenoxy) is 1. The molecule has 0 spiro atoms. The minimum absolute atomic E-state index is 0.0185. The van der Waals surface area contributed by atoms with Crippen LogP contribution in [0.2, 0.25) is 0 Å². The number of aryl methyl sites for hydroxylation is 1. The summed E-state index contributed by atoms with van der Waals surface area (Å²) in [6.45, 7) is 2.35. The average Bonchev–Trinajstić information content (AvgIpc) is 2.41. The molecule has 3 nitrogen and oxygen atoms in total. The molecule has 100 valence electrons. The number of aliphatic hydroxyl groups is 1. The van der Waals surface area contributed by atoms with E-state index in [9.17, 15) is 10.2 Å². The highest BCUT2D eigenvalue weighted by Crippen LogP contribution is 2.23. The molecule has 0 aromatic heterocycles. The standard InChI is InChI=1S/C16H18O3/c1-12-5-2-3-8-16(12)19-11-14(10-17)13-6-4-7-15(18)9-13/h2-9,14,17-18H,10-11H2,1H3. The summed E-state index contributed by atoms with van der Waals surface area (Å²) in [4.78, 5) is 0. The van der Waals surface area contributed by atoms with E-state index in [-0.39, 0.29) is 18.3 Å². The fraction of sp³-hybridized carbons (Fsp3) is 0.250. The molecule has 0 bridgehead atoms. The highest BCUT2D eigenvalue weighted by atomic mass is 16.5. The Kier molecular flexibility index (Phi) is 4.42. The third-order valence-electron chi connectivity index (χ3n) is 3.10. The highest BCUT2D eigenvalue weighted by molar-refractivity contribution is 5.33. The Balaban J connectivity index is 2.06. The van der Waals surface area contributed by atoms with Crippen molar-refractivity contribution in [1.82, 2.24) is 0 Å². The van der Waals surface area contributed by atoms with Crippen molar-refractivity contribution in [3.8, 4) is 11.5 Å². The maximum atomic E-state index is 9.46. The molecule has 0 aliphatic heterocycles. The van der Waals surface area contributed by atoms with E-state index < -0.39 is 0 Å². The number of para-hydroxylation sites is 1. The molecule has 0 fully saturated rings. The van der Waals surface area contributed by atoms with Crippen molar-refractivity contribution in [3.63, 3.8) is 0 Å². The predicted octanol–water partition coefficient (Wildman–Crippen LogP) is 2.86. The van der Waals surface area contributed by atoms with Gasteiger partial charge in [0.25, 0.3) is 0 Å². The maximum Gasteiger partial charge on any atom is 0.122 e. The van der Waals surface area contributed by atoms with Crippen LogP contribution < -0.4 is 4.74 Å². The maximum absolute atomic E-state index is 9.46. The SMILES string of the molecule is Cc1ccccc1OCC(CO)c1cccc(O)c1. The van der Waals surface area contributed by atoms with E-state index in [1.165, 1.54) is 0 Å². The van der Waals surface area contributed by atoms with Crippen LogP contribution in [0.4, 0.5) is 0 Å². The van der Waals surface area contributed by atoms with Crippen molar-refractivity contribution in [2.24, 2.45) is 0 Å². The molecular formula is C16H18O3. The average molecular weight is 258 g/mol. The molecule has 0 aliphatic rings. The van der Waals surface area contributed by atoms with Crippen molar-refractivity contribution in [2.45, 2.75) is 12.8 Å². The number of phenolic OH excluding ortho intramolecular Hbond substituents is 1. The second-order valence-corrected chi connectivity index (χ2v) is 4.55. The quantitative estimate of drug-likeness (QED) is 0.867. The number of benzene rings is 2. The van der Waals surface area contributed by atoms with Crippen LogP contribution in [0.5, 0.6) is 11.5 Å². The Morgan fingerprint density at radius 2 is 1.89 bits per heavy atom. The topological polar surface area (TPSA) is 49.7 Å². The molecule has 0 radical (unpaired) electrons. The smallest absolute Gasteiger partial charge is 0.122 e. The first kappa shape index (κ1) is 13.4. The lowest BCUT2D eigenvalue weighted by Gasteiger charge is -2.17. The first-order valence-electron chi connectivity index (χ1n) is 6.29. The van der Waals surface area contributed by atoms with Crippen molar-refractivity contribution >= 4 is 0 Å². The van der Waals surface area contributed by atoms with Gasteiger partial charge in [-0.2, -0.15) is 0 Å². The summed E-state index contributed by atoms with van der Waals surface area (Å²) in [5, 5.41) is 18.9. The predicted molar refractivity (Wildman–Crippen MR) is 74.6 cm³/mol. The monoisotopic (exact) mass is 258 g/mol. The summed E-state index contributed by atoms with van der Waals surface area (Å²) in [6.07, 6.45) is 0. The number of rotatable bonds is 5. The summed E-state index contributed by atoms with van der Waals surface area (Å²) in [5.74, 6) is 0.875. The molecule has 19 heavy (non-hydrogen) atoms. The van der Waals surface area contributed by atoms with Crippen molar-refractivity contribution in [3.05, 3.63) is 59.7 Å². The normalized spacial score (nSPS) is 12.1. The number of aliphatic hydroxyl groups excluding tert-OH is 1. The minimum Gasteiger partial charge on any atom is -0.508 e. The zero-order chi connectivity index (χ0) is 13.7. The van der Waals surface area contributed by atoms with Gasteiger partial charge in [0.2, 0.25) is 0 Å².